The first-order valence-electron chi connectivity index (χ1n) is 17.7. The lowest BCUT2D eigenvalue weighted by Crippen LogP contribution is -2.60. The number of carbonyl (C=O) groups is 5. The third-order valence-electron chi connectivity index (χ3n) is 7.92. The molecule has 0 aliphatic rings. The molecule has 2 N–H and O–H groups in total. The van der Waals surface area contributed by atoms with Crippen molar-refractivity contribution >= 4 is 30.0 Å². The van der Waals surface area contributed by atoms with Gasteiger partial charge in [0.15, 0.2) is 5.41 Å². The number of ether oxygens (including phenoxy) is 4. The lowest BCUT2D eigenvalue weighted by Gasteiger charge is -2.39. The molecule has 0 fully saturated rings. The van der Waals surface area contributed by atoms with Gasteiger partial charge in [0.05, 0.1) is 19.8 Å². The van der Waals surface area contributed by atoms with Crippen molar-refractivity contribution < 1.29 is 53.1 Å². The van der Waals surface area contributed by atoms with Gasteiger partial charge in [-0.05, 0) is 55.7 Å². The third-order valence-corrected chi connectivity index (χ3v) is 7.92. The average Bonchev–Trinajstić information content (AvgIpc) is 3.11. The summed E-state index contributed by atoms with van der Waals surface area (Å²) in [4.78, 5) is 70.1. The summed E-state index contributed by atoms with van der Waals surface area (Å²) in [6.45, 7) is 8.36. The zero-order valence-corrected chi connectivity index (χ0v) is 31.9. The lowest BCUT2D eigenvalue weighted by molar-refractivity contribution is -0.173. The Morgan fingerprint density at radius 3 is 1.65 bits per heavy atom. The molecular formula is C41H52N2O11. The van der Waals surface area contributed by atoms with Gasteiger partial charge in [0.1, 0.15) is 12.2 Å². The van der Waals surface area contributed by atoms with Gasteiger partial charge in [0, 0.05) is 13.2 Å². The molecule has 0 unspecified atom stereocenters. The number of nitrogens with zero attached hydrogens (tertiary/aromatic N) is 2. The molecule has 0 bridgehead atoms. The van der Waals surface area contributed by atoms with Crippen LogP contribution in [0.3, 0.4) is 0 Å². The monoisotopic (exact) mass is 748 g/mol. The van der Waals surface area contributed by atoms with Gasteiger partial charge in [-0.1, -0.05) is 112 Å². The molecule has 0 spiro atoms. The normalized spacial score (nSPS) is 13.2. The second-order valence-corrected chi connectivity index (χ2v) is 15.1. The van der Waals surface area contributed by atoms with Crippen molar-refractivity contribution in [2.24, 2.45) is 10.8 Å². The summed E-state index contributed by atoms with van der Waals surface area (Å²) in [5.41, 5.74) is -2.36. The van der Waals surface area contributed by atoms with E-state index in [0.717, 1.165) is 10.5 Å². The Kier molecular flexibility index (Phi) is 15.7. The molecule has 0 heterocycles. The summed E-state index contributed by atoms with van der Waals surface area (Å²) in [7, 11) is 0. The molecule has 13 nitrogen and oxygen atoms in total. The Labute approximate surface area is 316 Å². The Hall–Kier alpha value is -5.27. The van der Waals surface area contributed by atoms with E-state index in [0.29, 0.717) is 16.0 Å². The molecule has 3 aromatic rings. The van der Waals surface area contributed by atoms with Gasteiger partial charge >= 0.3 is 30.0 Å². The topological polar surface area (TPSA) is 169 Å². The van der Waals surface area contributed by atoms with Gasteiger partial charge in [-0.3, -0.25) is 14.5 Å². The SMILES string of the molecule is CC(C)(C)CN(C(=O)N(C[C@@](CCCOCc1ccccc1)(C(=O)O)C(=O)OCc1ccccc1)C(=O)OC(C)(C)C)[C@@H](OCc1ccccc1)C(=O)O. The number of carboxylic acid groups (broad SMARTS) is 2. The number of imide groups is 1. The third kappa shape index (κ3) is 13.6. The van der Waals surface area contributed by atoms with Crippen molar-refractivity contribution in [3.63, 3.8) is 0 Å². The number of rotatable bonds is 18. The number of aliphatic carboxylic acids is 2. The fraction of sp³-hybridized carbons (Fsp3) is 0.439. The molecule has 0 aromatic heterocycles. The summed E-state index contributed by atoms with van der Waals surface area (Å²) in [5, 5.41) is 21.2. The molecule has 3 amide bonds. The van der Waals surface area contributed by atoms with Crippen LogP contribution >= 0.6 is 0 Å². The molecule has 0 saturated carbocycles. The molecule has 0 saturated heterocycles. The minimum Gasteiger partial charge on any atom is -0.480 e. The van der Waals surface area contributed by atoms with E-state index >= 15 is 0 Å². The molecular weight excluding hydrogens is 696 g/mol. The summed E-state index contributed by atoms with van der Waals surface area (Å²) in [5.74, 6) is -4.40. The van der Waals surface area contributed by atoms with Gasteiger partial charge in [0.25, 0.3) is 0 Å². The van der Waals surface area contributed by atoms with E-state index in [1.807, 2.05) is 30.3 Å². The molecule has 3 aromatic carbocycles. The lowest BCUT2D eigenvalue weighted by atomic mass is 9.82. The highest BCUT2D eigenvalue weighted by Gasteiger charge is 2.52. The van der Waals surface area contributed by atoms with Gasteiger partial charge in [0.2, 0.25) is 6.23 Å². The quantitative estimate of drug-likeness (QED) is 0.0587. The number of amides is 3. The Bertz CT molecular complexity index is 1670. The molecule has 0 aliphatic heterocycles. The highest BCUT2D eigenvalue weighted by Crippen LogP contribution is 2.32. The van der Waals surface area contributed by atoms with Crippen LogP contribution < -0.4 is 0 Å². The van der Waals surface area contributed by atoms with E-state index in [2.05, 4.69) is 0 Å². The van der Waals surface area contributed by atoms with Crippen molar-refractivity contribution in [2.75, 3.05) is 19.7 Å². The zero-order valence-electron chi connectivity index (χ0n) is 31.9. The summed E-state index contributed by atoms with van der Waals surface area (Å²) < 4.78 is 22.7. The second-order valence-electron chi connectivity index (χ2n) is 15.1. The van der Waals surface area contributed by atoms with Crippen molar-refractivity contribution in [1.82, 2.24) is 9.80 Å². The van der Waals surface area contributed by atoms with Crippen LogP contribution in [0.5, 0.6) is 0 Å². The minimum absolute atomic E-state index is 0.0135. The number of urea groups is 1. The minimum atomic E-state index is -2.52. The predicted molar refractivity (Wildman–Crippen MR) is 199 cm³/mol. The number of hydrogen-bond donors (Lipinski definition) is 2. The fourth-order valence-electron chi connectivity index (χ4n) is 5.37. The maximum atomic E-state index is 14.7. The molecule has 54 heavy (non-hydrogen) atoms. The Morgan fingerprint density at radius 1 is 0.685 bits per heavy atom. The average molecular weight is 749 g/mol. The van der Waals surface area contributed by atoms with Gasteiger partial charge in [-0.15, -0.1) is 0 Å². The summed E-state index contributed by atoms with van der Waals surface area (Å²) in [6, 6.07) is 25.4. The van der Waals surface area contributed by atoms with Crippen molar-refractivity contribution in [3.05, 3.63) is 108 Å². The highest BCUT2D eigenvalue weighted by molar-refractivity contribution is 6.01. The Balaban J connectivity index is 2.06. The maximum Gasteiger partial charge on any atom is 0.418 e. The van der Waals surface area contributed by atoms with Crippen LogP contribution in [0.4, 0.5) is 9.59 Å². The molecule has 292 valence electrons. The standard InChI is InChI=1S/C41H52N2O11/c1-39(2,3)28-42(33(34(44)45)52-26-31-19-12-8-13-20-31)37(49)43(38(50)54-40(4,5)6)29-41(35(46)47,36(48)53-27-32-21-14-9-15-22-32)23-16-24-51-25-30-17-10-7-11-18-30/h7-15,17-22,33H,16,23-29H2,1-6H3,(H,44,45)(H,46,47)/t33-,41-/m0/s1. The van der Waals surface area contributed by atoms with Crippen LogP contribution in [0.2, 0.25) is 0 Å². The van der Waals surface area contributed by atoms with Crippen LogP contribution in [-0.2, 0) is 53.2 Å². The van der Waals surface area contributed by atoms with Crippen LogP contribution in [0.25, 0.3) is 0 Å². The molecule has 2 atom stereocenters. The van der Waals surface area contributed by atoms with Crippen LogP contribution in [0.1, 0.15) is 71.1 Å². The largest absolute Gasteiger partial charge is 0.480 e. The molecule has 3 rings (SSSR count). The van der Waals surface area contributed by atoms with Crippen LogP contribution in [0, 0.1) is 10.8 Å². The number of carboxylic acids is 2. The number of carbonyl (C=O) groups excluding carboxylic acids is 3. The molecule has 0 radical (unpaired) electrons. The highest BCUT2D eigenvalue weighted by atomic mass is 16.6. The number of benzene rings is 3. The summed E-state index contributed by atoms with van der Waals surface area (Å²) in [6.07, 6.45) is -3.61. The van der Waals surface area contributed by atoms with Crippen molar-refractivity contribution in [2.45, 2.75) is 86.0 Å². The van der Waals surface area contributed by atoms with E-state index in [1.165, 1.54) is 0 Å². The van der Waals surface area contributed by atoms with E-state index in [4.69, 9.17) is 18.9 Å². The Morgan fingerprint density at radius 2 is 1.19 bits per heavy atom. The van der Waals surface area contributed by atoms with Gasteiger partial charge in [-0.2, -0.15) is 0 Å². The smallest absolute Gasteiger partial charge is 0.418 e. The van der Waals surface area contributed by atoms with Gasteiger partial charge in [-0.25, -0.2) is 19.3 Å². The fourth-order valence-corrected chi connectivity index (χ4v) is 5.37. The first-order valence-corrected chi connectivity index (χ1v) is 17.7. The maximum absolute atomic E-state index is 14.7. The first-order chi connectivity index (χ1) is 25.4. The molecule has 0 aliphatic carbocycles. The summed E-state index contributed by atoms with van der Waals surface area (Å²) >= 11 is 0. The van der Waals surface area contributed by atoms with Crippen molar-refractivity contribution in [1.29, 1.82) is 0 Å². The van der Waals surface area contributed by atoms with E-state index in [-0.39, 0.29) is 39.4 Å². The van der Waals surface area contributed by atoms with Crippen LogP contribution in [0.15, 0.2) is 91.0 Å². The number of esters is 1. The van der Waals surface area contributed by atoms with Gasteiger partial charge < -0.3 is 29.2 Å². The zero-order chi connectivity index (χ0) is 39.9. The first kappa shape index (κ1) is 43.1. The van der Waals surface area contributed by atoms with E-state index in [1.54, 1.807) is 102 Å². The predicted octanol–water partition coefficient (Wildman–Crippen LogP) is 7.13. The second kappa shape index (κ2) is 19.7. The van der Waals surface area contributed by atoms with Crippen molar-refractivity contribution in [3.8, 4) is 0 Å². The van der Waals surface area contributed by atoms with E-state index < -0.39 is 65.7 Å². The van der Waals surface area contributed by atoms with Crippen LogP contribution in [-0.4, -0.2) is 81.6 Å². The number of hydrogen-bond acceptors (Lipinski definition) is 9. The molecule has 13 heteroatoms. The van der Waals surface area contributed by atoms with E-state index in [9.17, 15) is 34.2 Å².